The van der Waals surface area contributed by atoms with Crippen LogP contribution in [0, 0.1) is 17.7 Å². The van der Waals surface area contributed by atoms with Gasteiger partial charge in [0.15, 0.2) is 0 Å². The van der Waals surface area contributed by atoms with E-state index in [1.165, 1.54) is 12.1 Å². The molecule has 2 fully saturated rings. The summed E-state index contributed by atoms with van der Waals surface area (Å²) in [7, 11) is 0. The number of nitrogens with zero attached hydrogens (tertiary/aromatic N) is 2. The topological polar surface area (TPSA) is 52.7 Å². The van der Waals surface area contributed by atoms with E-state index in [2.05, 4.69) is 10.2 Å². The molecule has 1 N–H and O–H groups in total. The van der Waals surface area contributed by atoms with E-state index in [-0.39, 0.29) is 35.0 Å². The first-order chi connectivity index (χ1) is 13.2. The highest BCUT2D eigenvalue weighted by Gasteiger charge is 2.34. The smallest absolute Gasteiger partial charge is 0.225 e. The van der Waals surface area contributed by atoms with Crippen LogP contribution in [-0.2, 0) is 9.59 Å². The molecular weight excluding hydrogens is 357 g/mol. The molecule has 0 aromatic heterocycles. The van der Waals surface area contributed by atoms with Gasteiger partial charge in [0.1, 0.15) is 5.82 Å². The Labute approximate surface area is 167 Å². The first-order valence-corrected chi connectivity index (χ1v) is 10.3. The van der Waals surface area contributed by atoms with Crippen LogP contribution in [0.4, 0.5) is 10.1 Å². The molecule has 1 saturated heterocycles. The Hall–Kier alpha value is -2.11. The Balaban J connectivity index is 1.46. The highest BCUT2D eigenvalue weighted by molar-refractivity contribution is 5.81. The lowest BCUT2D eigenvalue weighted by Gasteiger charge is -2.39. The third-order valence-corrected chi connectivity index (χ3v) is 5.73. The molecular formula is C22H32FN3O2. The van der Waals surface area contributed by atoms with Crippen molar-refractivity contribution < 1.29 is 14.0 Å². The standard InChI is InChI=1S/C22H32FN3O2/c1-22(2,3)24-20(27)16-4-6-17(7-5-16)21(28)26-14-12-25(13-15-26)19-10-8-18(23)9-11-19/h8-11,16-17H,4-7,12-15H2,1-3H3,(H,24,27). The largest absolute Gasteiger partial charge is 0.368 e. The third kappa shape index (κ3) is 5.24. The first-order valence-electron chi connectivity index (χ1n) is 10.3. The molecule has 1 aromatic carbocycles. The van der Waals surface area contributed by atoms with E-state index in [0.717, 1.165) is 44.5 Å². The Morgan fingerprint density at radius 2 is 1.46 bits per heavy atom. The number of piperazine rings is 1. The normalized spacial score (nSPS) is 23.4. The van der Waals surface area contributed by atoms with Crippen LogP contribution in [0.15, 0.2) is 24.3 Å². The molecule has 3 rings (SSSR count). The predicted octanol–water partition coefficient (Wildman–Crippen LogP) is 3.20. The fraction of sp³-hybridized carbons (Fsp3) is 0.636. The lowest BCUT2D eigenvalue weighted by atomic mass is 9.80. The fourth-order valence-corrected chi connectivity index (χ4v) is 4.17. The number of carbonyl (C=O) groups is 2. The minimum atomic E-state index is -0.232. The maximum absolute atomic E-state index is 13.1. The second kappa shape index (κ2) is 8.50. The molecule has 2 aliphatic rings. The molecule has 0 spiro atoms. The molecule has 1 heterocycles. The summed E-state index contributed by atoms with van der Waals surface area (Å²) >= 11 is 0. The van der Waals surface area contributed by atoms with Gasteiger partial charge in [-0.25, -0.2) is 4.39 Å². The van der Waals surface area contributed by atoms with Gasteiger partial charge in [-0.1, -0.05) is 0 Å². The summed E-state index contributed by atoms with van der Waals surface area (Å²) in [5, 5.41) is 3.06. The van der Waals surface area contributed by atoms with Gasteiger partial charge in [0, 0.05) is 49.2 Å². The van der Waals surface area contributed by atoms with Crippen molar-refractivity contribution in [3.8, 4) is 0 Å². The Bertz CT molecular complexity index is 683. The van der Waals surface area contributed by atoms with Crippen molar-refractivity contribution in [3.05, 3.63) is 30.1 Å². The van der Waals surface area contributed by atoms with Gasteiger partial charge in [-0.05, 0) is 70.7 Å². The third-order valence-electron chi connectivity index (χ3n) is 5.73. The summed E-state index contributed by atoms with van der Waals surface area (Å²) in [4.78, 5) is 29.4. The summed E-state index contributed by atoms with van der Waals surface area (Å²) in [6.07, 6.45) is 3.15. The van der Waals surface area contributed by atoms with Crippen molar-refractivity contribution in [1.29, 1.82) is 0 Å². The molecule has 5 nitrogen and oxygen atoms in total. The van der Waals surface area contributed by atoms with E-state index in [1.807, 2.05) is 25.7 Å². The molecule has 154 valence electrons. The van der Waals surface area contributed by atoms with Gasteiger partial charge in [-0.2, -0.15) is 0 Å². The molecule has 28 heavy (non-hydrogen) atoms. The number of halogens is 1. The number of benzene rings is 1. The molecule has 0 bridgehead atoms. The molecule has 1 saturated carbocycles. The van der Waals surface area contributed by atoms with Gasteiger partial charge in [-0.3, -0.25) is 9.59 Å². The molecule has 2 amide bonds. The minimum Gasteiger partial charge on any atom is -0.368 e. The average molecular weight is 390 g/mol. The number of anilines is 1. The van der Waals surface area contributed by atoms with E-state index < -0.39 is 0 Å². The molecule has 1 aliphatic heterocycles. The van der Waals surface area contributed by atoms with Crippen molar-refractivity contribution in [2.75, 3.05) is 31.1 Å². The fourth-order valence-electron chi connectivity index (χ4n) is 4.17. The van der Waals surface area contributed by atoms with E-state index in [4.69, 9.17) is 0 Å². The summed E-state index contributed by atoms with van der Waals surface area (Å²) in [6.45, 7) is 8.89. The number of amides is 2. The van der Waals surface area contributed by atoms with Crippen LogP contribution in [-0.4, -0.2) is 48.4 Å². The second-order valence-corrected chi connectivity index (χ2v) is 9.08. The summed E-state index contributed by atoms with van der Waals surface area (Å²) in [5.74, 6) is 0.179. The summed E-state index contributed by atoms with van der Waals surface area (Å²) in [6, 6.07) is 6.52. The lowest BCUT2D eigenvalue weighted by molar-refractivity contribution is -0.138. The van der Waals surface area contributed by atoms with Crippen molar-refractivity contribution in [1.82, 2.24) is 10.2 Å². The quantitative estimate of drug-likeness (QED) is 0.864. The number of carbonyl (C=O) groups excluding carboxylic acids is 2. The van der Waals surface area contributed by atoms with Gasteiger partial charge in [-0.15, -0.1) is 0 Å². The van der Waals surface area contributed by atoms with Crippen LogP contribution in [0.3, 0.4) is 0 Å². The molecule has 1 aromatic rings. The van der Waals surface area contributed by atoms with E-state index in [1.54, 1.807) is 12.1 Å². The van der Waals surface area contributed by atoms with E-state index >= 15 is 0 Å². The lowest BCUT2D eigenvalue weighted by Crippen LogP contribution is -2.51. The van der Waals surface area contributed by atoms with Crippen molar-refractivity contribution in [2.45, 2.75) is 52.0 Å². The highest BCUT2D eigenvalue weighted by Crippen LogP contribution is 2.31. The van der Waals surface area contributed by atoms with Crippen LogP contribution in [0.25, 0.3) is 0 Å². The van der Waals surface area contributed by atoms with E-state index in [0.29, 0.717) is 13.1 Å². The number of hydrogen-bond donors (Lipinski definition) is 1. The Kier molecular flexibility index (Phi) is 6.26. The summed E-state index contributed by atoms with van der Waals surface area (Å²) < 4.78 is 13.1. The van der Waals surface area contributed by atoms with Gasteiger partial charge < -0.3 is 15.1 Å². The SMILES string of the molecule is CC(C)(C)NC(=O)C1CCC(C(=O)N2CCN(c3ccc(F)cc3)CC2)CC1. The zero-order valence-corrected chi connectivity index (χ0v) is 17.2. The molecule has 0 radical (unpaired) electrons. The van der Waals surface area contributed by atoms with Crippen molar-refractivity contribution in [3.63, 3.8) is 0 Å². The zero-order valence-electron chi connectivity index (χ0n) is 17.2. The van der Waals surface area contributed by atoms with Gasteiger partial charge in [0.25, 0.3) is 0 Å². The number of rotatable bonds is 3. The Morgan fingerprint density at radius 3 is 2.00 bits per heavy atom. The molecule has 0 unspecified atom stereocenters. The van der Waals surface area contributed by atoms with Crippen molar-refractivity contribution >= 4 is 17.5 Å². The van der Waals surface area contributed by atoms with Crippen LogP contribution in [0.1, 0.15) is 46.5 Å². The molecule has 0 atom stereocenters. The van der Waals surface area contributed by atoms with Gasteiger partial charge in [0.05, 0.1) is 0 Å². The molecule has 6 heteroatoms. The Morgan fingerprint density at radius 1 is 0.929 bits per heavy atom. The van der Waals surface area contributed by atoms with E-state index in [9.17, 15) is 14.0 Å². The van der Waals surface area contributed by atoms with Crippen LogP contribution in [0.2, 0.25) is 0 Å². The van der Waals surface area contributed by atoms with Crippen LogP contribution < -0.4 is 10.2 Å². The number of nitrogens with one attached hydrogen (secondary N) is 1. The van der Waals surface area contributed by atoms with Crippen LogP contribution in [0.5, 0.6) is 0 Å². The highest BCUT2D eigenvalue weighted by atomic mass is 19.1. The maximum atomic E-state index is 13.1. The van der Waals surface area contributed by atoms with Crippen LogP contribution >= 0.6 is 0 Å². The van der Waals surface area contributed by atoms with Gasteiger partial charge in [0.2, 0.25) is 11.8 Å². The monoisotopic (exact) mass is 389 g/mol. The second-order valence-electron chi connectivity index (χ2n) is 9.08. The summed E-state index contributed by atoms with van der Waals surface area (Å²) in [5.41, 5.74) is 0.785. The molecule has 1 aliphatic carbocycles. The first kappa shape index (κ1) is 20.6. The maximum Gasteiger partial charge on any atom is 0.225 e. The predicted molar refractivity (Wildman–Crippen MR) is 109 cm³/mol. The minimum absolute atomic E-state index is 0.0265. The zero-order chi connectivity index (χ0) is 20.3. The number of hydrogen-bond acceptors (Lipinski definition) is 3. The van der Waals surface area contributed by atoms with Gasteiger partial charge >= 0.3 is 0 Å². The van der Waals surface area contributed by atoms with Crippen molar-refractivity contribution in [2.24, 2.45) is 11.8 Å². The average Bonchev–Trinajstić information content (AvgIpc) is 2.67.